The van der Waals surface area contributed by atoms with Crippen LogP contribution in [0.5, 0.6) is 5.75 Å². The summed E-state index contributed by atoms with van der Waals surface area (Å²) >= 11 is 0. The number of aromatic nitrogens is 3. The molecule has 1 saturated heterocycles. The summed E-state index contributed by atoms with van der Waals surface area (Å²) in [5.41, 5.74) is 15.4. The molecule has 34 heavy (non-hydrogen) atoms. The van der Waals surface area contributed by atoms with E-state index in [1.165, 1.54) is 6.20 Å². The summed E-state index contributed by atoms with van der Waals surface area (Å²) in [4.78, 5) is 28.0. The van der Waals surface area contributed by atoms with E-state index in [9.17, 15) is 4.79 Å². The highest BCUT2D eigenvalue weighted by Gasteiger charge is 2.21. The molecule has 3 aromatic rings. The molecule has 2 aromatic heterocycles. The van der Waals surface area contributed by atoms with Crippen molar-refractivity contribution in [1.82, 2.24) is 15.0 Å². The number of hydrogen-bond acceptors (Lipinski definition) is 8. The lowest BCUT2D eigenvalue weighted by Crippen LogP contribution is -2.43. The second-order valence-corrected chi connectivity index (χ2v) is 8.82. The van der Waals surface area contributed by atoms with Crippen molar-refractivity contribution in [2.45, 2.75) is 38.6 Å². The fraction of sp³-hybridized carbons (Fsp3) is 0.360. The molecule has 0 aliphatic carbocycles. The largest absolute Gasteiger partial charge is 0.497 e. The molecule has 1 atom stereocenters. The SMILES string of the molecule is COc1ccc(-c2cc(Nc3nc(N4CCCC(N)C4)ncc3C(N)=O)cc(C(C)C)n2)cc1. The Hall–Kier alpha value is -3.72. The lowest BCUT2D eigenvalue weighted by molar-refractivity contribution is 0.100. The second kappa shape index (κ2) is 10.0. The summed E-state index contributed by atoms with van der Waals surface area (Å²) in [6, 6.07) is 11.7. The number of pyridine rings is 1. The maximum atomic E-state index is 12.1. The monoisotopic (exact) mass is 461 g/mol. The van der Waals surface area contributed by atoms with Crippen molar-refractivity contribution < 1.29 is 9.53 Å². The third kappa shape index (κ3) is 5.26. The van der Waals surface area contributed by atoms with E-state index in [1.54, 1.807) is 7.11 Å². The Morgan fingerprint density at radius 3 is 2.62 bits per heavy atom. The minimum Gasteiger partial charge on any atom is -0.497 e. The zero-order valence-electron chi connectivity index (χ0n) is 19.8. The summed E-state index contributed by atoms with van der Waals surface area (Å²) in [5, 5.41) is 3.30. The fourth-order valence-electron chi connectivity index (χ4n) is 3.96. The molecule has 1 unspecified atom stereocenters. The first-order valence-corrected chi connectivity index (χ1v) is 11.4. The zero-order chi connectivity index (χ0) is 24.2. The molecule has 9 nitrogen and oxygen atoms in total. The third-order valence-electron chi connectivity index (χ3n) is 5.87. The van der Waals surface area contributed by atoms with Crippen molar-refractivity contribution in [3.05, 3.63) is 53.9 Å². The molecule has 5 N–H and O–H groups in total. The number of nitrogens with two attached hydrogens (primary N) is 2. The van der Waals surface area contributed by atoms with E-state index in [0.29, 0.717) is 18.3 Å². The van der Waals surface area contributed by atoms with Crippen molar-refractivity contribution >= 4 is 23.4 Å². The number of rotatable bonds is 7. The van der Waals surface area contributed by atoms with Crippen LogP contribution in [0, 0.1) is 0 Å². The smallest absolute Gasteiger partial charge is 0.254 e. The molecule has 3 heterocycles. The average Bonchev–Trinajstić information content (AvgIpc) is 2.83. The average molecular weight is 462 g/mol. The number of hydrogen-bond donors (Lipinski definition) is 3. The number of amides is 1. The first kappa shape index (κ1) is 23.4. The van der Waals surface area contributed by atoms with Gasteiger partial charge in [0.1, 0.15) is 17.1 Å². The summed E-state index contributed by atoms with van der Waals surface area (Å²) in [5.74, 6) is 1.26. The summed E-state index contributed by atoms with van der Waals surface area (Å²) in [6.45, 7) is 5.66. The van der Waals surface area contributed by atoms with E-state index >= 15 is 0 Å². The van der Waals surface area contributed by atoms with Crippen molar-refractivity contribution in [2.24, 2.45) is 11.5 Å². The van der Waals surface area contributed by atoms with E-state index < -0.39 is 5.91 Å². The number of nitrogens with one attached hydrogen (secondary N) is 1. The van der Waals surface area contributed by atoms with Gasteiger partial charge < -0.3 is 26.4 Å². The highest BCUT2D eigenvalue weighted by atomic mass is 16.5. The predicted octanol–water partition coefficient (Wildman–Crippen LogP) is 3.44. The number of piperidine rings is 1. The molecule has 1 aromatic carbocycles. The summed E-state index contributed by atoms with van der Waals surface area (Å²) < 4.78 is 5.27. The van der Waals surface area contributed by atoms with Crippen molar-refractivity contribution in [2.75, 3.05) is 30.4 Å². The highest BCUT2D eigenvalue weighted by molar-refractivity contribution is 5.98. The number of methoxy groups -OCH3 is 1. The molecule has 178 valence electrons. The molecule has 1 aliphatic heterocycles. The van der Waals surface area contributed by atoms with Gasteiger partial charge in [-0.05, 0) is 55.2 Å². The van der Waals surface area contributed by atoms with E-state index in [0.717, 1.165) is 47.8 Å². The number of carbonyl (C=O) groups is 1. The minimum absolute atomic E-state index is 0.0745. The van der Waals surface area contributed by atoms with Crippen LogP contribution in [-0.4, -0.2) is 47.1 Å². The molecule has 0 saturated carbocycles. The Morgan fingerprint density at radius 2 is 1.97 bits per heavy atom. The number of carbonyl (C=O) groups excluding carboxylic acids is 1. The summed E-state index contributed by atoms with van der Waals surface area (Å²) in [7, 11) is 1.64. The molecular formula is C25H31N7O2. The van der Waals surface area contributed by atoms with Gasteiger partial charge in [0.25, 0.3) is 5.91 Å². The number of anilines is 3. The van der Waals surface area contributed by atoms with Crippen LogP contribution in [-0.2, 0) is 0 Å². The van der Waals surface area contributed by atoms with Gasteiger partial charge in [-0.25, -0.2) is 4.98 Å². The van der Waals surface area contributed by atoms with Crippen LogP contribution in [0.25, 0.3) is 11.3 Å². The van der Waals surface area contributed by atoms with Gasteiger partial charge in [0.15, 0.2) is 0 Å². The molecular weight excluding hydrogens is 430 g/mol. The predicted molar refractivity (Wildman–Crippen MR) is 134 cm³/mol. The molecule has 4 rings (SSSR count). The number of primary amides is 1. The van der Waals surface area contributed by atoms with Gasteiger partial charge in [-0.2, -0.15) is 4.98 Å². The maximum absolute atomic E-state index is 12.1. The van der Waals surface area contributed by atoms with Gasteiger partial charge in [-0.15, -0.1) is 0 Å². The number of ether oxygens (including phenoxy) is 1. The van der Waals surface area contributed by atoms with Crippen molar-refractivity contribution in [1.29, 1.82) is 0 Å². The van der Waals surface area contributed by atoms with Crippen LogP contribution in [0.2, 0.25) is 0 Å². The van der Waals surface area contributed by atoms with E-state index in [-0.39, 0.29) is 17.5 Å². The van der Waals surface area contributed by atoms with Crippen molar-refractivity contribution in [3.63, 3.8) is 0 Å². The van der Waals surface area contributed by atoms with Gasteiger partial charge >= 0.3 is 0 Å². The van der Waals surface area contributed by atoms with E-state index in [2.05, 4.69) is 29.1 Å². The number of benzene rings is 1. The zero-order valence-corrected chi connectivity index (χ0v) is 19.8. The van der Waals surface area contributed by atoms with Crippen LogP contribution >= 0.6 is 0 Å². The van der Waals surface area contributed by atoms with Gasteiger partial charge in [-0.1, -0.05) is 13.8 Å². The fourth-order valence-corrected chi connectivity index (χ4v) is 3.96. The topological polar surface area (TPSA) is 132 Å². The standard InChI is InChI=1S/C25H31N7O2/c1-15(2)21-11-18(12-22(30-21)16-6-8-19(34-3)9-7-16)29-24-20(23(27)33)13-28-25(31-24)32-10-4-5-17(26)14-32/h6-9,11-13,15,17H,4-5,10,14,26H2,1-3H3,(H2,27,33)(H,28,29,30,31). The Kier molecular flexibility index (Phi) is 6.93. The lowest BCUT2D eigenvalue weighted by Gasteiger charge is -2.31. The molecule has 1 aliphatic rings. The maximum Gasteiger partial charge on any atom is 0.254 e. The Labute approximate surface area is 199 Å². The molecule has 0 bridgehead atoms. The molecule has 9 heteroatoms. The quantitative estimate of drug-likeness (QED) is 0.487. The normalized spacial score (nSPS) is 15.9. The van der Waals surface area contributed by atoms with E-state index in [4.69, 9.17) is 21.2 Å². The van der Waals surface area contributed by atoms with E-state index in [1.807, 2.05) is 41.3 Å². The molecule has 0 radical (unpaired) electrons. The van der Waals surface area contributed by atoms with Gasteiger partial charge in [-0.3, -0.25) is 9.78 Å². The van der Waals surface area contributed by atoms with Crippen LogP contribution in [0.15, 0.2) is 42.6 Å². The molecule has 1 fully saturated rings. The molecule has 0 spiro atoms. The summed E-state index contributed by atoms with van der Waals surface area (Å²) in [6.07, 6.45) is 3.42. The third-order valence-corrected chi connectivity index (χ3v) is 5.87. The van der Waals surface area contributed by atoms with Crippen LogP contribution in [0.3, 0.4) is 0 Å². The first-order valence-electron chi connectivity index (χ1n) is 11.4. The number of nitrogens with zero attached hydrogens (tertiary/aromatic N) is 4. The first-order chi connectivity index (χ1) is 16.3. The highest BCUT2D eigenvalue weighted by Crippen LogP contribution is 2.29. The Morgan fingerprint density at radius 1 is 1.21 bits per heavy atom. The minimum atomic E-state index is -0.599. The Bertz CT molecular complexity index is 1160. The lowest BCUT2D eigenvalue weighted by atomic mass is 10.1. The van der Waals surface area contributed by atoms with Crippen molar-refractivity contribution in [3.8, 4) is 17.0 Å². The second-order valence-electron chi connectivity index (χ2n) is 8.82. The molecule has 1 amide bonds. The van der Waals surface area contributed by atoms with Gasteiger partial charge in [0.05, 0.1) is 12.8 Å². The van der Waals surface area contributed by atoms with Crippen LogP contribution in [0.4, 0.5) is 17.5 Å². The van der Waals surface area contributed by atoms with Gasteiger partial charge in [0.2, 0.25) is 5.95 Å². The van der Waals surface area contributed by atoms with Crippen LogP contribution in [0.1, 0.15) is 48.7 Å². The van der Waals surface area contributed by atoms with Gasteiger partial charge in [0, 0.05) is 42.3 Å². The Balaban J connectivity index is 1.72. The van der Waals surface area contributed by atoms with Crippen LogP contribution < -0.4 is 26.4 Å².